The summed E-state index contributed by atoms with van der Waals surface area (Å²) in [7, 11) is 0. The maximum absolute atomic E-state index is 5.83. The summed E-state index contributed by atoms with van der Waals surface area (Å²) >= 11 is 11.1. The summed E-state index contributed by atoms with van der Waals surface area (Å²) < 4.78 is 0. The Morgan fingerprint density at radius 2 is 2.05 bits per heavy atom. The van der Waals surface area contributed by atoms with Gasteiger partial charge in [0, 0.05) is 11.1 Å². The number of benzene rings is 1. The molecule has 0 spiro atoms. The van der Waals surface area contributed by atoms with Gasteiger partial charge in [0.2, 0.25) is 0 Å². The van der Waals surface area contributed by atoms with E-state index in [9.17, 15) is 0 Å². The topological polar surface area (TPSA) is 36.4 Å². The zero-order valence-electron chi connectivity index (χ0n) is 10.9. The van der Waals surface area contributed by atoms with Gasteiger partial charge in [-0.2, -0.15) is 5.10 Å². The highest BCUT2D eigenvalue weighted by Gasteiger charge is 2.35. The minimum atomic E-state index is 0.454. The van der Waals surface area contributed by atoms with Gasteiger partial charge in [-0.3, -0.25) is 5.43 Å². The van der Waals surface area contributed by atoms with Crippen molar-refractivity contribution in [2.75, 3.05) is 0 Å². The summed E-state index contributed by atoms with van der Waals surface area (Å²) in [5.74, 6) is 1.36. The van der Waals surface area contributed by atoms with Crippen molar-refractivity contribution < 1.29 is 0 Å². The molecule has 20 heavy (non-hydrogen) atoms. The van der Waals surface area contributed by atoms with Crippen LogP contribution in [0.1, 0.15) is 18.4 Å². The molecule has 2 aliphatic rings. The molecule has 2 aliphatic carbocycles. The monoisotopic (exact) mass is 305 g/mol. The lowest BCUT2D eigenvalue weighted by Crippen LogP contribution is -2.42. The highest BCUT2D eigenvalue weighted by molar-refractivity contribution is 7.80. The first kappa shape index (κ1) is 13.6. The molecule has 0 aromatic heterocycles. The van der Waals surface area contributed by atoms with Crippen LogP contribution in [0.4, 0.5) is 0 Å². The van der Waals surface area contributed by atoms with Crippen LogP contribution in [0.5, 0.6) is 0 Å². The molecule has 0 radical (unpaired) electrons. The third kappa shape index (κ3) is 3.19. The summed E-state index contributed by atoms with van der Waals surface area (Å²) in [6.07, 6.45) is 8.77. The fourth-order valence-corrected chi connectivity index (χ4v) is 3.19. The van der Waals surface area contributed by atoms with Gasteiger partial charge in [-0.15, -0.1) is 0 Å². The number of hydrazone groups is 1. The van der Waals surface area contributed by atoms with E-state index in [-0.39, 0.29) is 0 Å². The number of allylic oxidation sites excluding steroid dienone is 1. The number of hydrogen-bond donors (Lipinski definition) is 2. The quantitative estimate of drug-likeness (QED) is 0.390. The third-order valence-electron chi connectivity index (χ3n) is 3.85. The van der Waals surface area contributed by atoms with Gasteiger partial charge < -0.3 is 5.32 Å². The van der Waals surface area contributed by atoms with E-state index in [0.29, 0.717) is 17.1 Å². The maximum Gasteiger partial charge on any atom is 0.187 e. The van der Waals surface area contributed by atoms with E-state index in [1.54, 1.807) is 6.21 Å². The summed E-state index contributed by atoms with van der Waals surface area (Å²) in [4.78, 5) is 0. The number of nitrogens with one attached hydrogen (secondary N) is 2. The number of thiocarbonyl (C=S) groups is 1. The van der Waals surface area contributed by atoms with Crippen molar-refractivity contribution >= 4 is 35.1 Å². The van der Waals surface area contributed by atoms with Gasteiger partial charge in [0.1, 0.15) is 0 Å². The number of halogens is 1. The van der Waals surface area contributed by atoms with Crippen LogP contribution in [-0.2, 0) is 0 Å². The van der Waals surface area contributed by atoms with Gasteiger partial charge in [0.15, 0.2) is 5.11 Å². The van der Waals surface area contributed by atoms with Crippen LogP contribution in [0.2, 0.25) is 5.02 Å². The highest BCUT2D eigenvalue weighted by atomic mass is 35.5. The molecular formula is C15H16ClN3S. The minimum absolute atomic E-state index is 0.454. The average Bonchev–Trinajstić information content (AvgIpc) is 3.03. The smallest absolute Gasteiger partial charge is 0.187 e. The molecular weight excluding hydrogens is 290 g/mol. The molecule has 1 aromatic rings. The lowest BCUT2D eigenvalue weighted by Gasteiger charge is -2.20. The Morgan fingerprint density at radius 1 is 1.25 bits per heavy atom. The van der Waals surface area contributed by atoms with E-state index in [1.165, 1.54) is 12.8 Å². The van der Waals surface area contributed by atoms with Gasteiger partial charge in [-0.1, -0.05) is 35.9 Å². The highest BCUT2D eigenvalue weighted by Crippen LogP contribution is 2.38. The van der Waals surface area contributed by atoms with Crippen molar-refractivity contribution in [3.05, 3.63) is 47.0 Å². The normalized spacial score (nSPS) is 27.1. The molecule has 0 amide bonds. The first-order valence-corrected chi connectivity index (χ1v) is 7.53. The molecule has 2 bridgehead atoms. The molecule has 2 N–H and O–H groups in total. The van der Waals surface area contributed by atoms with Gasteiger partial charge in [0.05, 0.1) is 6.21 Å². The van der Waals surface area contributed by atoms with Crippen molar-refractivity contribution in [1.82, 2.24) is 10.7 Å². The summed E-state index contributed by atoms with van der Waals surface area (Å²) in [6, 6.07) is 7.94. The van der Waals surface area contributed by atoms with Crippen LogP contribution in [0.25, 0.3) is 0 Å². The number of fused-ring (bicyclic) bond motifs is 2. The molecule has 1 saturated carbocycles. The van der Waals surface area contributed by atoms with E-state index in [1.807, 2.05) is 24.3 Å². The average molecular weight is 306 g/mol. The molecule has 3 unspecified atom stereocenters. The predicted molar refractivity (Wildman–Crippen MR) is 87.1 cm³/mol. The summed E-state index contributed by atoms with van der Waals surface area (Å²) in [5.41, 5.74) is 3.84. The van der Waals surface area contributed by atoms with Gasteiger partial charge in [-0.05, 0) is 54.6 Å². The number of nitrogens with zero attached hydrogens (tertiary/aromatic N) is 1. The Morgan fingerprint density at radius 3 is 2.70 bits per heavy atom. The molecule has 0 heterocycles. The van der Waals surface area contributed by atoms with Crippen LogP contribution in [0, 0.1) is 11.8 Å². The second kappa shape index (κ2) is 5.94. The van der Waals surface area contributed by atoms with Crippen molar-refractivity contribution in [3.63, 3.8) is 0 Å². The van der Waals surface area contributed by atoms with Crippen molar-refractivity contribution in [3.8, 4) is 0 Å². The second-order valence-electron chi connectivity index (χ2n) is 5.28. The number of hydrogen-bond acceptors (Lipinski definition) is 2. The standard InChI is InChI=1S/C15H16ClN3S/c16-13-5-2-10(3-6-13)9-17-19-15(20)18-14-8-11-1-4-12(14)7-11/h1-6,9,11-12,14H,7-8H2,(H2,18,19,20). The van der Waals surface area contributed by atoms with Crippen LogP contribution in [0.3, 0.4) is 0 Å². The molecule has 3 atom stereocenters. The van der Waals surface area contributed by atoms with E-state index in [2.05, 4.69) is 28.0 Å². The zero-order chi connectivity index (χ0) is 13.9. The molecule has 104 valence electrons. The second-order valence-corrected chi connectivity index (χ2v) is 6.13. The molecule has 0 saturated heterocycles. The SMILES string of the molecule is S=C(NN=Cc1ccc(Cl)cc1)NC1CC2C=CC1C2. The van der Waals surface area contributed by atoms with Crippen LogP contribution < -0.4 is 10.7 Å². The Labute approximate surface area is 129 Å². The first-order valence-electron chi connectivity index (χ1n) is 6.74. The van der Waals surface area contributed by atoms with Crippen molar-refractivity contribution in [2.24, 2.45) is 16.9 Å². The summed E-state index contributed by atoms with van der Waals surface area (Å²) in [5, 5.41) is 8.78. The Bertz CT molecular complexity index is 553. The fourth-order valence-electron chi connectivity index (χ4n) is 2.86. The predicted octanol–water partition coefficient (Wildman–Crippen LogP) is 3.10. The fraction of sp³-hybridized carbons (Fsp3) is 0.333. The lowest BCUT2D eigenvalue weighted by molar-refractivity contribution is 0.521. The Balaban J connectivity index is 1.47. The van der Waals surface area contributed by atoms with Crippen LogP contribution >= 0.6 is 23.8 Å². The minimum Gasteiger partial charge on any atom is -0.358 e. The molecule has 1 fully saturated rings. The largest absolute Gasteiger partial charge is 0.358 e. The van der Waals surface area contributed by atoms with Crippen molar-refractivity contribution in [2.45, 2.75) is 18.9 Å². The zero-order valence-corrected chi connectivity index (χ0v) is 12.5. The number of rotatable bonds is 3. The van der Waals surface area contributed by atoms with E-state index < -0.39 is 0 Å². The molecule has 0 aliphatic heterocycles. The van der Waals surface area contributed by atoms with Gasteiger partial charge in [0.25, 0.3) is 0 Å². The molecule has 3 nitrogen and oxygen atoms in total. The van der Waals surface area contributed by atoms with E-state index in [0.717, 1.165) is 16.5 Å². The molecule has 1 aromatic carbocycles. The van der Waals surface area contributed by atoms with Gasteiger partial charge in [-0.25, -0.2) is 0 Å². The lowest BCUT2D eigenvalue weighted by atomic mass is 10.0. The van der Waals surface area contributed by atoms with Crippen molar-refractivity contribution in [1.29, 1.82) is 0 Å². The Hall–Kier alpha value is -1.39. The van der Waals surface area contributed by atoms with Crippen LogP contribution in [0.15, 0.2) is 41.5 Å². The van der Waals surface area contributed by atoms with E-state index >= 15 is 0 Å². The Kier molecular flexibility index (Phi) is 4.03. The van der Waals surface area contributed by atoms with Gasteiger partial charge >= 0.3 is 0 Å². The maximum atomic E-state index is 5.83. The molecule has 5 heteroatoms. The first-order chi connectivity index (χ1) is 9.70. The van der Waals surface area contributed by atoms with E-state index in [4.69, 9.17) is 23.8 Å². The molecule has 3 rings (SSSR count). The third-order valence-corrected chi connectivity index (χ3v) is 4.31. The summed E-state index contributed by atoms with van der Waals surface area (Å²) in [6.45, 7) is 0. The van der Waals surface area contributed by atoms with Crippen LogP contribution in [-0.4, -0.2) is 17.4 Å².